The van der Waals surface area contributed by atoms with Crippen LogP contribution < -0.4 is 0 Å². The molecule has 0 saturated carbocycles. The van der Waals surface area contributed by atoms with Crippen LogP contribution in [-0.2, 0) is 14.7 Å². The monoisotopic (exact) mass is 410 g/mol. The number of amidine groups is 1. The van der Waals surface area contributed by atoms with Crippen molar-refractivity contribution in [1.29, 1.82) is 0 Å². The fraction of sp³-hybridized carbons (Fsp3) is 0.278. The van der Waals surface area contributed by atoms with Gasteiger partial charge in [0.05, 0.1) is 20.5 Å². The smallest absolute Gasteiger partial charge is 0.225 e. The van der Waals surface area contributed by atoms with Crippen molar-refractivity contribution >= 4 is 38.9 Å². The van der Waals surface area contributed by atoms with E-state index in [9.17, 15) is 8.42 Å². The topological polar surface area (TPSA) is 59.0 Å². The minimum atomic E-state index is -3.54. The Balaban J connectivity index is 1.69. The second-order valence-corrected chi connectivity index (χ2v) is 9.18. The van der Waals surface area contributed by atoms with Crippen LogP contribution in [0.15, 0.2) is 58.6 Å². The molecule has 0 aromatic heterocycles. The lowest BCUT2D eigenvalue weighted by atomic mass is 10.1. The van der Waals surface area contributed by atoms with Gasteiger partial charge in [-0.1, -0.05) is 52.6 Å². The molecule has 0 N–H and O–H groups in total. The second-order valence-electron chi connectivity index (χ2n) is 6.38. The van der Waals surface area contributed by atoms with E-state index in [0.29, 0.717) is 34.4 Å². The lowest BCUT2D eigenvalue weighted by Crippen LogP contribution is -2.49. The summed E-state index contributed by atoms with van der Waals surface area (Å²) < 4.78 is 25.8. The molecule has 5 nitrogen and oxygen atoms in total. The SMILES string of the molecule is O=S(=O)(CC12CCCN1C(c1c(Cl)cccc1Cl)=NO2)c1ccccc1. The number of halogens is 2. The van der Waals surface area contributed by atoms with E-state index in [-0.39, 0.29) is 10.6 Å². The summed E-state index contributed by atoms with van der Waals surface area (Å²) >= 11 is 12.6. The van der Waals surface area contributed by atoms with Crippen LogP contribution in [0.25, 0.3) is 0 Å². The Morgan fingerprint density at radius 3 is 2.46 bits per heavy atom. The zero-order valence-electron chi connectivity index (χ0n) is 13.7. The number of hydrogen-bond acceptors (Lipinski definition) is 5. The molecule has 2 aromatic rings. The molecule has 1 atom stereocenters. The fourth-order valence-corrected chi connectivity index (χ4v) is 5.75. The van der Waals surface area contributed by atoms with Crippen LogP contribution in [0, 0.1) is 0 Å². The molecule has 1 unspecified atom stereocenters. The summed E-state index contributed by atoms with van der Waals surface area (Å²) in [6, 6.07) is 13.6. The molecular weight excluding hydrogens is 395 g/mol. The van der Waals surface area contributed by atoms with Crippen LogP contribution in [0.3, 0.4) is 0 Å². The highest BCUT2D eigenvalue weighted by molar-refractivity contribution is 7.91. The van der Waals surface area contributed by atoms with Gasteiger partial charge in [-0.2, -0.15) is 0 Å². The van der Waals surface area contributed by atoms with Crippen molar-refractivity contribution in [2.75, 3.05) is 12.3 Å². The molecule has 2 aliphatic rings. The second kappa shape index (κ2) is 6.44. The van der Waals surface area contributed by atoms with Gasteiger partial charge < -0.3 is 9.74 Å². The summed E-state index contributed by atoms with van der Waals surface area (Å²) in [5, 5.41) is 5.08. The molecule has 26 heavy (non-hydrogen) atoms. The molecule has 2 aromatic carbocycles. The molecule has 2 aliphatic heterocycles. The van der Waals surface area contributed by atoms with E-state index in [1.165, 1.54) is 0 Å². The first-order chi connectivity index (χ1) is 12.4. The number of hydrogen-bond donors (Lipinski definition) is 0. The van der Waals surface area contributed by atoms with Crippen LogP contribution in [0.5, 0.6) is 0 Å². The van der Waals surface area contributed by atoms with E-state index in [4.69, 9.17) is 28.0 Å². The molecule has 0 aliphatic carbocycles. The van der Waals surface area contributed by atoms with E-state index in [2.05, 4.69) is 5.16 Å². The van der Waals surface area contributed by atoms with E-state index >= 15 is 0 Å². The third kappa shape index (κ3) is 2.86. The van der Waals surface area contributed by atoms with Crippen LogP contribution in [-0.4, -0.2) is 37.2 Å². The van der Waals surface area contributed by atoms with Gasteiger partial charge in [-0.25, -0.2) is 8.42 Å². The van der Waals surface area contributed by atoms with Gasteiger partial charge in [0, 0.05) is 13.0 Å². The number of fused-ring (bicyclic) bond motifs is 1. The summed E-state index contributed by atoms with van der Waals surface area (Å²) in [6.45, 7) is 0.630. The summed E-state index contributed by atoms with van der Waals surface area (Å²) in [4.78, 5) is 7.86. The highest BCUT2D eigenvalue weighted by Crippen LogP contribution is 2.41. The quantitative estimate of drug-likeness (QED) is 0.765. The van der Waals surface area contributed by atoms with Crippen molar-refractivity contribution in [2.45, 2.75) is 23.5 Å². The molecule has 1 saturated heterocycles. The van der Waals surface area contributed by atoms with Crippen molar-refractivity contribution in [1.82, 2.24) is 4.90 Å². The van der Waals surface area contributed by atoms with E-state index in [1.807, 2.05) is 4.90 Å². The molecule has 2 heterocycles. The maximum absolute atomic E-state index is 12.9. The highest BCUT2D eigenvalue weighted by atomic mass is 35.5. The Morgan fingerprint density at radius 1 is 1.08 bits per heavy atom. The average Bonchev–Trinajstić information content (AvgIpc) is 3.14. The Kier molecular flexibility index (Phi) is 4.37. The third-order valence-electron chi connectivity index (χ3n) is 4.70. The first-order valence-corrected chi connectivity index (χ1v) is 10.6. The van der Waals surface area contributed by atoms with Crippen molar-refractivity contribution in [3.8, 4) is 0 Å². The molecule has 4 rings (SSSR count). The molecule has 136 valence electrons. The fourth-order valence-electron chi connectivity index (χ4n) is 3.50. The number of rotatable bonds is 4. The number of nitrogens with zero attached hydrogens (tertiary/aromatic N) is 2. The van der Waals surface area contributed by atoms with Gasteiger partial charge in [0.15, 0.2) is 15.7 Å². The average molecular weight is 411 g/mol. The van der Waals surface area contributed by atoms with Gasteiger partial charge in [0.2, 0.25) is 5.72 Å². The number of benzene rings is 2. The molecule has 0 amide bonds. The van der Waals surface area contributed by atoms with Gasteiger partial charge in [-0.3, -0.25) is 0 Å². The van der Waals surface area contributed by atoms with Crippen molar-refractivity contribution in [3.05, 3.63) is 64.1 Å². The first kappa shape index (κ1) is 17.6. The lowest BCUT2D eigenvalue weighted by molar-refractivity contribution is -0.0594. The van der Waals surface area contributed by atoms with Crippen LogP contribution in [0.4, 0.5) is 0 Å². The van der Waals surface area contributed by atoms with Gasteiger partial charge in [0.1, 0.15) is 5.75 Å². The predicted molar refractivity (Wildman–Crippen MR) is 101 cm³/mol. The minimum Gasteiger partial charge on any atom is -0.364 e. The molecular formula is C18H16Cl2N2O3S. The number of oxime groups is 1. The van der Waals surface area contributed by atoms with Crippen molar-refractivity contribution in [2.24, 2.45) is 5.16 Å². The minimum absolute atomic E-state index is 0.181. The summed E-state index contributed by atoms with van der Waals surface area (Å²) in [6.07, 6.45) is 1.36. The lowest BCUT2D eigenvalue weighted by Gasteiger charge is -2.30. The zero-order chi connectivity index (χ0) is 18.4. The van der Waals surface area contributed by atoms with Crippen LogP contribution in [0.2, 0.25) is 10.0 Å². The Morgan fingerprint density at radius 2 is 1.77 bits per heavy atom. The molecule has 1 fully saturated rings. The van der Waals surface area contributed by atoms with E-state index < -0.39 is 15.6 Å². The van der Waals surface area contributed by atoms with Crippen molar-refractivity contribution in [3.63, 3.8) is 0 Å². The normalized spacial score (nSPS) is 22.1. The molecule has 0 radical (unpaired) electrons. The van der Waals surface area contributed by atoms with E-state index in [0.717, 1.165) is 6.42 Å². The van der Waals surface area contributed by atoms with Crippen LogP contribution in [0.1, 0.15) is 18.4 Å². The molecule has 0 bridgehead atoms. The van der Waals surface area contributed by atoms with E-state index in [1.54, 1.807) is 48.5 Å². The Bertz CT molecular complexity index is 959. The molecule has 0 spiro atoms. The maximum atomic E-state index is 12.9. The standard InChI is InChI=1S/C18H16Cl2N2O3S/c19-14-8-4-9-15(20)16(14)17-21-25-18(10-5-11-22(17)18)12-26(23,24)13-6-2-1-3-7-13/h1-4,6-9H,5,10-12H2. The largest absolute Gasteiger partial charge is 0.364 e. The van der Waals surface area contributed by atoms with Gasteiger partial charge in [0.25, 0.3) is 0 Å². The van der Waals surface area contributed by atoms with Gasteiger partial charge >= 0.3 is 0 Å². The van der Waals surface area contributed by atoms with Crippen molar-refractivity contribution < 1.29 is 13.3 Å². The Hall–Kier alpha value is -1.76. The van der Waals surface area contributed by atoms with Gasteiger partial charge in [-0.05, 0) is 30.7 Å². The molecule has 8 heteroatoms. The maximum Gasteiger partial charge on any atom is 0.225 e. The third-order valence-corrected chi connectivity index (χ3v) is 7.15. The Labute approximate surface area is 162 Å². The zero-order valence-corrected chi connectivity index (χ0v) is 16.1. The summed E-state index contributed by atoms with van der Waals surface area (Å²) in [5.41, 5.74) is -0.455. The highest BCUT2D eigenvalue weighted by Gasteiger charge is 2.53. The first-order valence-electron chi connectivity index (χ1n) is 8.19. The summed E-state index contributed by atoms with van der Waals surface area (Å²) in [7, 11) is -3.54. The van der Waals surface area contributed by atoms with Gasteiger partial charge in [-0.15, -0.1) is 0 Å². The predicted octanol–water partition coefficient (Wildman–Crippen LogP) is 3.95. The van der Waals surface area contributed by atoms with Crippen LogP contribution >= 0.6 is 23.2 Å². The summed E-state index contributed by atoms with van der Waals surface area (Å²) in [5.74, 6) is 0.306. The number of sulfone groups is 1.